The zero-order valence-corrected chi connectivity index (χ0v) is 12.4. The monoisotopic (exact) mass is 287 g/mol. The Labute approximate surface area is 125 Å². The molecule has 2 aromatic rings. The first-order valence-corrected chi connectivity index (χ1v) is 6.90. The van der Waals surface area contributed by atoms with E-state index in [4.69, 9.17) is 9.47 Å². The van der Waals surface area contributed by atoms with Crippen molar-refractivity contribution in [1.29, 1.82) is 0 Å². The molecule has 4 heteroatoms. The number of hydrogen-bond donors (Lipinski definition) is 1. The molecule has 0 bridgehead atoms. The highest BCUT2D eigenvalue weighted by molar-refractivity contribution is 5.48. The maximum absolute atomic E-state index is 10.1. The molecule has 2 aromatic carbocycles. The summed E-state index contributed by atoms with van der Waals surface area (Å²) in [5, 5.41) is 10.1. The third kappa shape index (κ3) is 4.68. The molecule has 21 heavy (non-hydrogen) atoms. The van der Waals surface area contributed by atoms with Crippen molar-refractivity contribution in [2.75, 3.05) is 32.2 Å². The van der Waals surface area contributed by atoms with Crippen molar-refractivity contribution in [3.05, 3.63) is 54.6 Å². The normalized spacial score (nSPS) is 11.8. The third-order valence-electron chi connectivity index (χ3n) is 3.18. The first-order valence-electron chi connectivity index (χ1n) is 6.90. The van der Waals surface area contributed by atoms with Crippen molar-refractivity contribution in [2.45, 2.75) is 6.10 Å². The molecule has 0 spiro atoms. The van der Waals surface area contributed by atoms with Crippen molar-refractivity contribution >= 4 is 5.69 Å². The number of nitrogens with zero attached hydrogens (tertiary/aromatic N) is 1. The van der Waals surface area contributed by atoms with E-state index in [2.05, 4.69) is 0 Å². The van der Waals surface area contributed by atoms with Crippen LogP contribution in [-0.4, -0.2) is 38.5 Å². The van der Waals surface area contributed by atoms with Gasteiger partial charge in [0.15, 0.2) is 0 Å². The van der Waals surface area contributed by atoms with Crippen LogP contribution in [0.25, 0.3) is 0 Å². The summed E-state index contributed by atoms with van der Waals surface area (Å²) in [5.41, 5.74) is 1.02. The smallest absolute Gasteiger partial charge is 0.119 e. The second kappa shape index (κ2) is 7.55. The summed E-state index contributed by atoms with van der Waals surface area (Å²) < 4.78 is 10.7. The molecule has 112 valence electrons. The number of hydrogen-bond acceptors (Lipinski definition) is 4. The van der Waals surface area contributed by atoms with Crippen LogP contribution in [0.2, 0.25) is 0 Å². The fraction of sp³-hybridized carbons (Fsp3) is 0.294. The summed E-state index contributed by atoms with van der Waals surface area (Å²) in [7, 11) is 3.58. The van der Waals surface area contributed by atoms with Gasteiger partial charge in [-0.3, -0.25) is 0 Å². The predicted molar refractivity (Wildman–Crippen MR) is 84.2 cm³/mol. The molecule has 1 N–H and O–H groups in total. The molecular formula is C17H21NO3. The number of likely N-dealkylation sites (N-methyl/N-ethyl adjacent to an activating group) is 1. The van der Waals surface area contributed by atoms with Crippen molar-refractivity contribution in [3.63, 3.8) is 0 Å². The molecule has 2 rings (SSSR count). The van der Waals surface area contributed by atoms with Crippen molar-refractivity contribution < 1.29 is 14.6 Å². The van der Waals surface area contributed by atoms with Gasteiger partial charge in [-0.2, -0.15) is 0 Å². The van der Waals surface area contributed by atoms with E-state index in [0.717, 1.165) is 17.2 Å². The Balaban J connectivity index is 1.82. The lowest BCUT2D eigenvalue weighted by Crippen LogP contribution is -2.33. The highest BCUT2D eigenvalue weighted by Crippen LogP contribution is 2.18. The molecule has 0 fully saturated rings. The van der Waals surface area contributed by atoms with Gasteiger partial charge in [0.25, 0.3) is 0 Å². The van der Waals surface area contributed by atoms with Gasteiger partial charge in [-0.25, -0.2) is 0 Å². The number of aliphatic hydroxyl groups excluding tert-OH is 1. The lowest BCUT2D eigenvalue weighted by atomic mass is 10.2. The maximum atomic E-state index is 10.1. The molecule has 0 radical (unpaired) electrons. The Hall–Kier alpha value is -2.20. The summed E-state index contributed by atoms with van der Waals surface area (Å²) in [5.74, 6) is 1.59. The van der Waals surface area contributed by atoms with Crippen LogP contribution in [0.4, 0.5) is 5.69 Å². The molecule has 0 heterocycles. The van der Waals surface area contributed by atoms with Gasteiger partial charge in [-0.1, -0.05) is 18.2 Å². The molecule has 0 aliphatic carbocycles. The molecule has 0 aliphatic rings. The first-order chi connectivity index (χ1) is 10.2. The molecule has 1 atom stereocenters. The van der Waals surface area contributed by atoms with Gasteiger partial charge in [-0.05, 0) is 36.4 Å². The molecular weight excluding hydrogens is 266 g/mol. The Morgan fingerprint density at radius 2 is 1.67 bits per heavy atom. The quantitative estimate of drug-likeness (QED) is 0.850. The lowest BCUT2D eigenvalue weighted by Gasteiger charge is -2.23. The minimum Gasteiger partial charge on any atom is -0.497 e. The van der Waals surface area contributed by atoms with E-state index < -0.39 is 6.10 Å². The molecule has 0 aromatic heterocycles. The Bertz CT molecular complexity index is 527. The fourth-order valence-electron chi connectivity index (χ4n) is 2.02. The zero-order chi connectivity index (χ0) is 15.1. The van der Waals surface area contributed by atoms with E-state index >= 15 is 0 Å². The van der Waals surface area contributed by atoms with Crippen molar-refractivity contribution in [3.8, 4) is 11.5 Å². The lowest BCUT2D eigenvalue weighted by molar-refractivity contribution is 0.113. The standard InChI is InChI=1S/C17H21NO3/c1-18(14-8-10-16(20-2)11-9-14)12-15(19)13-21-17-6-4-3-5-7-17/h3-11,15,19H,12-13H2,1-2H3. The van der Waals surface area contributed by atoms with Crippen LogP contribution in [0.5, 0.6) is 11.5 Å². The molecule has 1 unspecified atom stereocenters. The minimum absolute atomic E-state index is 0.268. The van der Waals surface area contributed by atoms with E-state index in [1.54, 1.807) is 7.11 Å². The molecule has 0 saturated carbocycles. The summed E-state index contributed by atoms with van der Waals surface area (Å²) in [4.78, 5) is 1.98. The van der Waals surface area contributed by atoms with Gasteiger partial charge >= 0.3 is 0 Å². The van der Waals surface area contributed by atoms with Crippen LogP contribution in [0.15, 0.2) is 54.6 Å². The number of aliphatic hydroxyl groups is 1. The maximum Gasteiger partial charge on any atom is 0.119 e. The van der Waals surface area contributed by atoms with Gasteiger partial charge in [0.1, 0.15) is 24.2 Å². The van der Waals surface area contributed by atoms with Crippen molar-refractivity contribution in [1.82, 2.24) is 0 Å². The highest BCUT2D eigenvalue weighted by atomic mass is 16.5. The average molecular weight is 287 g/mol. The van der Waals surface area contributed by atoms with E-state index in [-0.39, 0.29) is 6.61 Å². The number of para-hydroxylation sites is 1. The zero-order valence-electron chi connectivity index (χ0n) is 12.4. The highest BCUT2D eigenvalue weighted by Gasteiger charge is 2.10. The summed E-state index contributed by atoms with van der Waals surface area (Å²) >= 11 is 0. The Morgan fingerprint density at radius 3 is 2.29 bits per heavy atom. The number of benzene rings is 2. The molecule has 4 nitrogen and oxygen atoms in total. The number of rotatable bonds is 7. The SMILES string of the molecule is COc1ccc(N(C)CC(O)COc2ccccc2)cc1. The van der Waals surface area contributed by atoms with Crippen LogP contribution in [0.3, 0.4) is 0 Å². The van der Waals surface area contributed by atoms with Crippen LogP contribution in [0.1, 0.15) is 0 Å². The van der Waals surface area contributed by atoms with Gasteiger partial charge in [-0.15, -0.1) is 0 Å². The van der Waals surface area contributed by atoms with E-state index in [1.165, 1.54) is 0 Å². The van der Waals surface area contributed by atoms with Crippen LogP contribution in [-0.2, 0) is 0 Å². The summed E-state index contributed by atoms with van der Waals surface area (Å²) in [6.45, 7) is 0.768. The summed E-state index contributed by atoms with van der Waals surface area (Å²) in [6.07, 6.45) is -0.558. The molecule has 0 amide bonds. The first kappa shape index (κ1) is 15.2. The van der Waals surface area contributed by atoms with Gasteiger partial charge < -0.3 is 19.5 Å². The second-order valence-corrected chi connectivity index (χ2v) is 4.86. The van der Waals surface area contributed by atoms with Gasteiger partial charge in [0.05, 0.1) is 7.11 Å². The van der Waals surface area contributed by atoms with Gasteiger partial charge in [0.2, 0.25) is 0 Å². The van der Waals surface area contributed by atoms with E-state index in [9.17, 15) is 5.11 Å². The van der Waals surface area contributed by atoms with Crippen LogP contribution in [0, 0.1) is 0 Å². The largest absolute Gasteiger partial charge is 0.497 e. The van der Waals surface area contributed by atoms with Crippen molar-refractivity contribution in [2.24, 2.45) is 0 Å². The topological polar surface area (TPSA) is 41.9 Å². The van der Waals surface area contributed by atoms with E-state index in [0.29, 0.717) is 6.54 Å². The number of methoxy groups -OCH3 is 1. The second-order valence-electron chi connectivity index (χ2n) is 4.86. The van der Waals surface area contributed by atoms with E-state index in [1.807, 2.05) is 66.5 Å². The minimum atomic E-state index is -0.558. The van der Waals surface area contributed by atoms with Crippen LogP contribution < -0.4 is 14.4 Å². The van der Waals surface area contributed by atoms with Crippen LogP contribution >= 0.6 is 0 Å². The summed E-state index contributed by atoms with van der Waals surface area (Å²) in [6, 6.07) is 17.2. The third-order valence-corrected chi connectivity index (χ3v) is 3.18. The predicted octanol–water partition coefficient (Wildman–Crippen LogP) is 2.57. The number of anilines is 1. The molecule has 0 aliphatic heterocycles. The number of ether oxygens (including phenoxy) is 2. The Kier molecular flexibility index (Phi) is 5.46. The Morgan fingerprint density at radius 1 is 1.00 bits per heavy atom. The average Bonchev–Trinajstić information content (AvgIpc) is 2.54. The molecule has 0 saturated heterocycles. The fourth-order valence-corrected chi connectivity index (χ4v) is 2.02. The van der Waals surface area contributed by atoms with Gasteiger partial charge in [0, 0.05) is 19.3 Å².